The number of nitrogens with zero attached hydrogens (tertiary/aromatic N) is 2. The fraction of sp³-hybridized carbons (Fsp3) is 0.409. The number of carbonyl (C=O) groups is 1. The number of ether oxygens (including phenoxy) is 1. The first-order valence-electron chi connectivity index (χ1n) is 9.27. The van der Waals surface area contributed by atoms with Gasteiger partial charge in [0.2, 0.25) is 0 Å². The summed E-state index contributed by atoms with van der Waals surface area (Å²) in [6.45, 7) is 4.81. The molecule has 2 aliphatic heterocycles. The van der Waals surface area contributed by atoms with Crippen LogP contribution in [0.25, 0.3) is 0 Å². The molecular weight excluding hydrogens is 340 g/mol. The van der Waals surface area contributed by atoms with Crippen molar-refractivity contribution in [3.8, 4) is 0 Å². The Bertz CT molecular complexity index is 852. The lowest BCUT2D eigenvalue weighted by atomic mass is 9.64. The van der Waals surface area contributed by atoms with Crippen molar-refractivity contribution in [3.05, 3.63) is 65.7 Å². The van der Waals surface area contributed by atoms with Crippen LogP contribution in [0.4, 0.5) is 5.69 Å². The van der Waals surface area contributed by atoms with Gasteiger partial charge in [-0.15, -0.1) is 0 Å². The molecule has 0 bridgehead atoms. The fourth-order valence-electron chi connectivity index (χ4n) is 4.76. The topological polar surface area (TPSA) is 42.0 Å². The molecule has 0 unspecified atom stereocenters. The van der Waals surface area contributed by atoms with Gasteiger partial charge in [0.05, 0.1) is 17.4 Å². The number of fused-ring (bicyclic) bond motifs is 3. The van der Waals surface area contributed by atoms with E-state index in [1.54, 1.807) is 12.2 Å². The third-order valence-electron chi connectivity index (χ3n) is 6.23. The maximum atomic E-state index is 13.4. The third-order valence-corrected chi connectivity index (χ3v) is 6.23. The second-order valence-electron chi connectivity index (χ2n) is 7.92. The van der Waals surface area contributed by atoms with E-state index in [-0.39, 0.29) is 12.1 Å². The molecule has 2 aliphatic rings. The molecule has 5 nitrogen and oxygen atoms in total. The van der Waals surface area contributed by atoms with Crippen molar-refractivity contribution in [1.82, 2.24) is 5.06 Å². The molecule has 0 aromatic heterocycles. The molecule has 0 saturated carbocycles. The van der Waals surface area contributed by atoms with Gasteiger partial charge in [-0.25, -0.2) is 0 Å². The highest BCUT2D eigenvalue weighted by Gasteiger charge is 2.70. The zero-order valence-electron chi connectivity index (χ0n) is 16.3. The molecule has 2 heterocycles. The largest absolute Gasteiger partial charge is 0.384 e. The molecule has 1 fully saturated rings. The normalized spacial score (nSPS) is 25.6. The van der Waals surface area contributed by atoms with E-state index in [4.69, 9.17) is 9.57 Å². The van der Waals surface area contributed by atoms with Crippen molar-refractivity contribution in [2.45, 2.75) is 32.0 Å². The maximum absolute atomic E-state index is 13.4. The minimum atomic E-state index is -0.661. The van der Waals surface area contributed by atoms with E-state index in [9.17, 15) is 4.79 Å². The van der Waals surface area contributed by atoms with Crippen LogP contribution in [0.2, 0.25) is 0 Å². The molecule has 0 spiro atoms. The van der Waals surface area contributed by atoms with Crippen LogP contribution in [0.1, 0.15) is 25.0 Å². The zero-order valence-corrected chi connectivity index (χ0v) is 16.3. The quantitative estimate of drug-likeness (QED) is 0.814. The van der Waals surface area contributed by atoms with Crippen molar-refractivity contribution in [3.63, 3.8) is 0 Å². The number of para-hydroxylation sites is 1. The van der Waals surface area contributed by atoms with Crippen molar-refractivity contribution < 1.29 is 14.4 Å². The van der Waals surface area contributed by atoms with Crippen LogP contribution in [0.15, 0.2) is 54.6 Å². The Hall–Kier alpha value is -2.37. The van der Waals surface area contributed by atoms with Crippen molar-refractivity contribution in [2.24, 2.45) is 5.41 Å². The number of amides is 1. The van der Waals surface area contributed by atoms with Crippen LogP contribution in [-0.4, -0.2) is 37.9 Å². The molecule has 0 radical (unpaired) electrons. The van der Waals surface area contributed by atoms with Gasteiger partial charge >= 0.3 is 0 Å². The summed E-state index contributed by atoms with van der Waals surface area (Å²) in [6.07, 6.45) is -0.249. The Morgan fingerprint density at radius 2 is 1.70 bits per heavy atom. The molecule has 27 heavy (non-hydrogen) atoms. The Balaban J connectivity index is 1.77. The van der Waals surface area contributed by atoms with Crippen molar-refractivity contribution in [2.75, 3.05) is 25.7 Å². The van der Waals surface area contributed by atoms with Crippen LogP contribution in [0, 0.1) is 5.41 Å². The summed E-state index contributed by atoms with van der Waals surface area (Å²) < 4.78 is 5.67. The molecule has 2 aromatic rings. The van der Waals surface area contributed by atoms with Gasteiger partial charge in [-0.2, -0.15) is 5.06 Å². The molecule has 0 N–H and O–H groups in total. The lowest BCUT2D eigenvalue weighted by Gasteiger charge is -2.39. The standard InChI is InChI=1S/C22H26N2O3/c1-21(2)20(25)24(27-14-16-10-6-5-7-11-16)19-22(21,15-26-4)17-12-8-9-13-18(17)23(19)3/h5-13,19H,14-15H2,1-4H3/t19-,22-/m0/s1. The molecule has 2 aromatic carbocycles. The highest BCUT2D eigenvalue weighted by molar-refractivity contribution is 5.90. The Kier molecular flexibility index (Phi) is 4.24. The summed E-state index contributed by atoms with van der Waals surface area (Å²) in [5.74, 6) is -0.0122. The summed E-state index contributed by atoms with van der Waals surface area (Å²) in [6, 6.07) is 18.2. The number of carbonyl (C=O) groups excluding carboxylic acids is 1. The van der Waals surface area contributed by atoms with E-state index in [1.807, 2.05) is 63.4 Å². The summed E-state index contributed by atoms with van der Waals surface area (Å²) in [5.41, 5.74) is 2.13. The number of hydrogen-bond acceptors (Lipinski definition) is 4. The first kappa shape index (κ1) is 18.0. The lowest BCUT2D eigenvalue weighted by molar-refractivity contribution is -0.198. The average molecular weight is 366 g/mol. The summed E-state index contributed by atoms with van der Waals surface area (Å²) >= 11 is 0. The number of rotatable bonds is 5. The van der Waals surface area contributed by atoms with E-state index in [1.165, 1.54) is 0 Å². The number of hydrogen-bond donors (Lipinski definition) is 0. The molecule has 1 amide bonds. The third kappa shape index (κ3) is 2.35. The number of methoxy groups -OCH3 is 1. The molecule has 0 aliphatic carbocycles. The van der Waals surface area contributed by atoms with Gasteiger partial charge < -0.3 is 9.64 Å². The minimum Gasteiger partial charge on any atom is -0.384 e. The summed E-state index contributed by atoms with van der Waals surface area (Å²) in [7, 11) is 3.72. The molecule has 5 heteroatoms. The van der Waals surface area contributed by atoms with Crippen LogP contribution in [0.3, 0.4) is 0 Å². The monoisotopic (exact) mass is 366 g/mol. The highest BCUT2D eigenvalue weighted by atomic mass is 16.7. The van der Waals surface area contributed by atoms with Crippen LogP contribution < -0.4 is 4.90 Å². The molecular formula is C22H26N2O3. The maximum Gasteiger partial charge on any atom is 0.254 e. The summed E-state index contributed by atoms with van der Waals surface area (Å²) in [4.78, 5) is 21.7. The smallest absolute Gasteiger partial charge is 0.254 e. The summed E-state index contributed by atoms with van der Waals surface area (Å²) in [5, 5.41) is 1.58. The number of anilines is 1. The van der Waals surface area contributed by atoms with Crippen molar-refractivity contribution >= 4 is 11.6 Å². The number of likely N-dealkylation sites (N-methyl/N-ethyl adjacent to an activating group) is 1. The first-order valence-corrected chi connectivity index (χ1v) is 9.27. The molecule has 2 atom stereocenters. The highest BCUT2D eigenvalue weighted by Crippen LogP contribution is 2.60. The molecule has 4 rings (SSSR count). The predicted molar refractivity (Wildman–Crippen MR) is 104 cm³/mol. The van der Waals surface area contributed by atoms with Crippen LogP contribution in [-0.2, 0) is 26.4 Å². The Morgan fingerprint density at radius 3 is 2.41 bits per heavy atom. The molecule has 1 saturated heterocycles. The average Bonchev–Trinajstić information content (AvgIpc) is 3.02. The predicted octanol–water partition coefficient (Wildman–Crippen LogP) is 3.35. The first-order chi connectivity index (χ1) is 12.9. The minimum absolute atomic E-state index is 0.0122. The van der Waals surface area contributed by atoms with Gasteiger partial charge in [0.25, 0.3) is 5.91 Å². The van der Waals surface area contributed by atoms with E-state index >= 15 is 0 Å². The SMILES string of the molecule is COC[C@]12c3ccccc3N(C)[C@H]1N(OCc1ccccc1)C(=O)C2(C)C. The second kappa shape index (κ2) is 6.36. The second-order valence-corrected chi connectivity index (χ2v) is 7.92. The Labute approximate surface area is 160 Å². The van der Waals surface area contributed by atoms with E-state index in [2.05, 4.69) is 17.0 Å². The molecule has 142 valence electrons. The van der Waals surface area contributed by atoms with Gasteiger partial charge in [-0.3, -0.25) is 9.63 Å². The number of benzene rings is 2. The van der Waals surface area contributed by atoms with Gasteiger partial charge in [-0.1, -0.05) is 48.5 Å². The van der Waals surface area contributed by atoms with Gasteiger partial charge in [0, 0.05) is 19.8 Å². The van der Waals surface area contributed by atoms with Crippen LogP contribution in [0.5, 0.6) is 0 Å². The zero-order chi connectivity index (χ0) is 19.2. The van der Waals surface area contributed by atoms with Crippen molar-refractivity contribution in [1.29, 1.82) is 0 Å². The van der Waals surface area contributed by atoms with E-state index in [0.717, 1.165) is 16.8 Å². The van der Waals surface area contributed by atoms with Gasteiger partial charge in [0.15, 0.2) is 0 Å². The fourth-order valence-corrected chi connectivity index (χ4v) is 4.76. The van der Waals surface area contributed by atoms with E-state index < -0.39 is 10.8 Å². The Morgan fingerprint density at radius 1 is 1.04 bits per heavy atom. The lowest BCUT2D eigenvalue weighted by Crippen LogP contribution is -2.53. The van der Waals surface area contributed by atoms with E-state index in [0.29, 0.717) is 13.2 Å². The van der Waals surface area contributed by atoms with Gasteiger partial charge in [-0.05, 0) is 31.0 Å². The van der Waals surface area contributed by atoms with Crippen LogP contribution >= 0.6 is 0 Å². The number of hydroxylamine groups is 2. The van der Waals surface area contributed by atoms with Gasteiger partial charge in [0.1, 0.15) is 12.8 Å².